The van der Waals surface area contributed by atoms with Crippen molar-refractivity contribution in [2.75, 3.05) is 38.3 Å². The molecule has 0 saturated carbocycles. The topological polar surface area (TPSA) is 50.3 Å². The van der Waals surface area contributed by atoms with Crippen LogP contribution in [-0.2, 0) is 11.3 Å². The molecule has 1 aromatic rings. The molecular weight excluding hydrogens is 216 g/mol. The summed E-state index contributed by atoms with van der Waals surface area (Å²) in [6.07, 6.45) is 3.73. The summed E-state index contributed by atoms with van der Waals surface area (Å²) in [5, 5.41) is 3.07. The summed E-state index contributed by atoms with van der Waals surface area (Å²) >= 11 is 0. The number of nitrogens with zero attached hydrogens (tertiary/aromatic N) is 3. The van der Waals surface area contributed by atoms with Gasteiger partial charge in [-0.3, -0.25) is 0 Å². The van der Waals surface area contributed by atoms with Gasteiger partial charge in [0, 0.05) is 44.2 Å². The average molecular weight is 238 g/mol. The van der Waals surface area contributed by atoms with Crippen molar-refractivity contribution in [3.05, 3.63) is 18.0 Å². The van der Waals surface area contributed by atoms with Gasteiger partial charge in [0.25, 0.3) is 0 Å². The lowest BCUT2D eigenvalue weighted by molar-refractivity contribution is 0.153. The fourth-order valence-corrected chi connectivity index (χ4v) is 1.53. The van der Waals surface area contributed by atoms with E-state index in [9.17, 15) is 0 Å². The second-order valence-electron chi connectivity index (χ2n) is 3.70. The normalized spacial score (nSPS) is 10.5. The Morgan fingerprint density at radius 2 is 2.00 bits per heavy atom. The van der Waals surface area contributed by atoms with E-state index in [2.05, 4.69) is 27.1 Å². The van der Waals surface area contributed by atoms with Gasteiger partial charge in [0.15, 0.2) is 0 Å². The highest BCUT2D eigenvalue weighted by Gasteiger charge is 2.06. The van der Waals surface area contributed by atoms with Crippen LogP contribution >= 0.6 is 0 Å². The molecule has 1 N–H and O–H groups in total. The molecule has 1 rings (SSSR count). The summed E-state index contributed by atoms with van der Waals surface area (Å²) in [6, 6.07) is 0. The van der Waals surface area contributed by atoms with Gasteiger partial charge in [-0.25, -0.2) is 9.97 Å². The Labute approximate surface area is 103 Å². The van der Waals surface area contributed by atoms with Crippen molar-refractivity contribution in [2.24, 2.45) is 0 Å². The Balaban J connectivity index is 2.55. The Morgan fingerprint density at radius 3 is 2.53 bits per heavy atom. The summed E-state index contributed by atoms with van der Waals surface area (Å²) < 4.78 is 5.34. The van der Waals surface area contributed by atoms with Crippen LogP contribution < -0.4 is 10.2 Å². The van der Waals surface area contributed by atoms with Gasteiger partial charge in [-0.05, 0) is 20.9 Å². The third kappa shape index (κ3) is 4.66. The molecule has 1 heterocycles. The predicted octanol–water partition coefficient (Wildman–Crippen LogP) is 1.06. The minimum atomic E-state index is 0.714. The van der Waals surface area contributed by atoms with Crippen LogP contribution in [0.3, 0.4) is 0 Å². The zero-order valence-corrected chi connectivity index (χ0v) is 10.9. The first-order valence-electron chi connectivity index (χ1n) is 6.10. The first kappa shape index (κ1) is 13.9. The fraction of sp³-hybridized carbons (Fsp3) is 0.667. The largest absolute Gasteiger partial charge is 0.380 e. The summed E-state index contributed by atoms with van der Waals surface area (Å²) in [7, 11) is 1.91. The second kappa shape index (κ2) is 7.97. The first-order valence-corrected chi connectivity index (χ1v) is 6.10. The molecule has 0 spiro atoms. The van der Waals surface area contributed by atoms with Crippen molar-refractivity contribution in [2.45, 2.75) is 20.4 Å². The number of hydrogen-bond donors (Lipinski definition) is 1. The third-order valence-electron chi connectivity index (χ3n) is 2.45. The van der Waals surface area contributed by atoms with E-state index < -0.39 is 0 Å². The highest BCUT2D eigenvalue weighted by Crippen LogP contribution is 2.06. The molecule has 0 aliphatic rings. The summed E-state index contributed by atoms with van der Waals surface area (Å²) in [5.41, 5.74) is 1.09. The van der Waals surface area contributed by atoms with Crippen LogP contribution in [-0.4, -0.2) is 43.3 Å². The lowest BCUT2D eigenvalue weighted by Gasteiger charge is -2.20. The number of ether oxygens (including phenoxy) is 1. The van der Waals surface area contributed by atoms with Crippen LogP contribution in [0, 0.1) is 0 Å². The standard InChI is InChI=1S/C12H22N4O/c1-4-16(6-7-17-5-2)12-14-9-11(8-13-3)10-15-12/h9-10,13H,4-8H2,1-3H3. The number of hydrogen-bond acceptors (Lipinski definition) is 5. The molecule has 96 valence electrons. The van der Waals surface area contributed by atoms with Gasteiger partial charge in [-0.2, -0.15) is 0 Å². The van der Waals surface area contributed by atoms with E-state index in [0.29, 0.717) is 6.61 Å². The fourth-order valence-electron chi connectivity index (χ4n) is 1.53. The Kier molecular flexibility index (Phi) is 6.50. The van der Waals surface area contributed by atoms with E-state index in [-0.39, 0.29) is 0 Å². The van der Waals surface area contributed by atoms with E-state index in [1.54, 1.807) is 0 Å². The van der Waals surface area contributed by atoms with E-state index in [1.807, 2.05) is 26.4 Å². The minimum Gasteiger partial charge on any atom is -0.380 e. The molecule has 5 nitrogen and oxygen atoms in total. The number of rotatable bonds is 8. The van der Waals surface area contributed by atoms with Crippen LogP contribution in [0.15, 0.2) is 12.4 Å². The molecule has 0 saturated heterocycles. The monoisotopic (exact) mass is 238 g/mol. The molecule has 5 heteroatoms. The highest BCUT2D eigenvalue weighted by molar-refractivity contribution is 5.29. The van der Waals surface area contributed by atoms with Gasteiger partial charge in [0.1, 0.15) is 0 Å². The minimum absolute atomic E-state index is 0.714. The van der Waals surface area contributed by atoms with Crippen molar-refractivity contribution in [1.82, 2.24) is 15.3 Å². The molecule has 0 bridgehead atoms. The number of aromatic nitrogens is 2. The lowest BCUT2D eigenvalue weighted by Crippen LogP contribution is -2.29. The van der Waals surface area contributed by atoms with Gasteiger partial charge in [-0.1, -0.05) is 0 Å². The predicted molar refractivity (Wildman–Crippen MR) is 69.2 cm³/mol. The number of nitrogens with one attached hydrogen (secondary N) is 1. The van der Waals surface area contributed by atoms with Gasteiger partial charge in [-0.15, -0.1) is 0 Å². The molecular formula is C12H22N4O. The third-order valence-corrected chi connectivity index (χ3v) is 2.45. The second-order valence-corrected chi connectivity index (χ2v) is 3.70. The molecule has 17 heavy (non-hydrogen) atoms. The zero-order valence-electron chi connectivity index (χ0n) is 10.9. The molecule has 0 unspecified atom stereocenters. The summed E-state index contributed by atoms with van der Waals surface area (Å²) in [6.45, 7) is 8.07. The molecule has 0 atom stereocenters. The molecule has 0 aliphatic carbocycles. The number of anilines is 1. The van der Waals surface area contributed by atoms with Crippen LogP contribution in [0.2, 0.25) is 0 Å². The van der Waals surface area contributed by atoms with Crippen molar-refractivity contribution in [3.63, 3.8) is 0 Å². The number of likely N-dealkylation sites (N-methyl/N-ethyl adjacent to an activating group) is 1. The van der Waals surface area contributed by atoms with Crippen LogP contribution in [0.25, 0.3) is 0 Å². The molecule has 0 aliphatic heterocycles. The Hall–Kier alpha value is -1.20. The quantitative estimate of drug-likeness (QED) is 0.686. The molecule has 0 radical (unpaired) electrons. The van der Waals surface area contributed by atoms with E-state index in [4.69, 9.17) is 4.74 Å². The smallest absolute Gasteiger partial charge is 0.225 e. The first-order chi connectivity index (χ1) is 8.31. The van der Waals surface area contributed by atoms with Crippen LogP contribution in [0.5, 0.6) is 0 Å². The van der Waals surface area contributed by atoms with Crippen molar-refractivity contribution < 1.29 is 4.74 Å². The van der Waals surface area contributed by atoms with Crippen molar-refractivity contribution in [1.29, 1.82) is 0 Å². The maximum atomic E-state index is 5.34. The van der Waals surface area contributed by atoms with E-state index in [1.165, 1.54) is 0 Å². The summed E-state index contributed by atoms with van der Waals surface area (Å²) in [5.74, 6) is 0.770. The maximum absolute atomic E-state index is 5.34. The van der Waals surface area contributed by atoms with Crippen molar-refractivity contribution >= 4 is 5.95 Å². The zero-order chi connectivity index (χ0) is 12.5. The van der Waals surface area contributed by atoms with Gasteiger partial charge in [0.2, 0.25) is 5.95 Å². The van der Waals surface area contributed by atoms with Gasteiger partial charge >= 0.3 is 0 Å². The highest BCUT2D eigenvalue weighted by atomic mass is 16.5. The lowest BCUT2D eigenvalue weighted by atomic mass is 10.3. The Morgan fingerprint density at radius 1 is 1.29 bits per heavy atom. The van der Waals surface area contributed by atoms with Crippen LogP contribution in [0.4, 0.5) is 5.95 Å². The molecule has 0 amide bonds. The van der Waals surface area contributed by atoms with Crippen molar-refractivity contribution in [3.8, 4) is 0 Å². The van der Waals surface area contributed by atoms with E-state index >= 15 is 0 Å². The average Bonchev–Trinajstić information content (AvgIpc) is 2.36. The molecule has 0 fully saturated rings. The van der Waals surface area contributed by atoms with Gasteiger partial charge < -0.3 is 15.0 Å². The van der Waals surface area contributed by atoms with E-state index in [0.717, 1.165) is 37.8 Å². The molecule has 0 aromatic carbocycles. The molecule has 1 aromatic heterocycles. The maximum Gasteiger partial charge on any atom is 0.225 e. The SMILES string of the molecule is CCOCCN(CC)c1ncc(CNC)cn1. The van der Waals surface area contributed by atoms with Crippen LogP contribution in [0.1, 0.15) is 19.4 Å². The summed E-state index contributed by atoms with van der Waals surface area (Å²) in [4.78, 5) is 10.8. The Bertz CT molecular complexity index is 302. The van der Waals surface area contributed by atoms with Gasteiger partial charge in [0.05, 0.1) is 6.61 Å².